The van der Waals surface area contributed by atoms with E-state index in [1.54, 1.807) is 0 Å². The van der Waals surface area contributed by atoms with Crippen molar-refractivity contribution in [3.8, 4) is 0 Å². The molecule has 0 aliphatic carbocycles. The van der Waals surface area contributed by atoms with E-state index >= 15 is 0 Å². The molecule has 7 nitrogen and oxygen atoms in total. The Morgan fingerprint density at radius 3 is 2.40 bits per heavy atom. The third kappa shape index (κ3) is 3.53. The van der Waals surface area contributed by atoms with Gasteiger partial charge in [0.1, 0.15) is 0 Å². The summed E-state index contributed by atoms with van der Waals surface area (Å²) in [7, 11) is -3.95. The smallest absolute Gasteiger partial charge is 0.273 e. The van der Waals surface area contributed by atoms with Crippen LogP contribution in [0.1, 0.15) is 26.3 Å². The molecular weight excluding hydrogens is 284 g/mol. The molecule has 112 valence electrons. The Balaban J connectivity index is 3.24. The molecule has 1 atom stereocenters. The maximum atomic E-state index is 12.2. The van der Waals surface area contributed by atoms with Crippen LogP contribution >= 0.6 is 0 Å². The number of hydrogen-bond acceptors (Lipinski definition) is 5. The van der Waals surface area contributed by atoms with Crippen LogP contribution in [-0.4, -0.2) is 30.1 Å². The normalized spacial score (nSPS) is 14.1. The van der Waals surface area contributed by atoms with Gasteiger partial charge in [-0.15, -0.1) is 0 Å². The maximum absolute atomic E-state index is 12.2. The molecule has 0 amide bonds. The van der Waals surface area contributed by atoms with Crippen molar-refractivity contribution < 1.29 is 18.4 Å². The first-order valence-electron chi connectivity index (χ1n) is 5.94. The predicted molar refractivity (Wildman–Crippen MR) is 73.9 cm³/mol. The fourth-order valence-electron chi connectivity index (χ4n) is 1.44. The van der Waals surface area contributed by atoms with Crippen molar-refractivity contribution in [2.75, 3.05) is 0 Å². The van der Waals surface area contributed by atoms with Crippen LogP contribution in [0.3, 0.4) is 0 Å². The van der Waals surface area contributed by atoms with Crippen LogP contribution < -0.4 is 4.72 Å². The van der Waals surface area contributed by atoms with Gasteiger partial charge in [-0.1, -0.05) is 6.07 Å². The molecule has 1 aromatic rings. The molecule has 0 spiro atoms. The minimum Gasteiger partial charge on any atom is -0.391 e. The molecule has 0 saturated carbocycles. The zero-order valence-corrected chi connectivity index (χ0v) is 12.6. The van der Waals surface area contributed by atoms with Gasteiger partial charge < -0.3 is 5.11 Å². The van der Waals surface area contributed by atoms with Gasteiger partial charge >= 0.3 is 0 Å². The van der Waals surface area contributed by atoms with Gasteiger partial charge in [0.05, 0.1) is 21.5 Å². The Hall–Kier alpha value is -1.51. The molecule has 0 aliphatic rings. The standard InChI is InChI=1S/C12H18N2O5S/c1-8-5-6-10(7-11(8)14(16)17)20(18,19)13-12(3,4)9(2)15/h5-7,9,13,15H,1-4H3. The summed E-state index contributed by atoms with van der Waals surface area (Å²) in [6, 6.07) is 3.68. The van der Waals surface area contributed by atoms with E-state index in [0.29, 0.717) is 5.56 Å². The fourth-order valence-corrected chi connectivity index (χ4v) is 2.94. The van der Waals surface area contributed by atoms with Crippen LogP contribution in [-0.2, 0) is 10.0 Å². The molecule has 0 heterocycles. The van der Waals surface area contributed by atoms with Gasteiger partial charge in [0.25, 0.3) is 5.69 Å². The third-order valence-electron chi connectivity index (χ3n) is 3.13. The monoisotopic (exact) mass is 302 g/mol. The largest absolute Gasteiger partial charge is 0.391 e. The SMILES string of the molecule is Cc1ccc(S(=O)(=O)NC(C)(C)C(C)O)cc1[N+](=O)[O-]. The lowest BCUT2D eigenvalue weighted by Crippen LogP contribution is -2.50. The minimum absolute atomic E-state index is 0.205. The third-order valence-corrected chi connectivity index (χ3v) is 4.80. The fraction of sp³-hybridized carbons (Fsp3) is 0.500. The summed E-state index contributed by atoms with van der Waals surface area (Å²) in [5.41, 5.74) is -0.968. The highest BCUT2D eigenvalue weighted by atomic mass is 32.2. The number of rotatable bonds is 5. The molecule has 0 aliphatic heterocycles. The average molecular weight is 302 g/mol. The highest BCUT2D eigenvalue weighted by Crippen LogP contribution is 2.23. The summed E-state index contributed by atoms with van der Waals surface area (Å²) in [5, 5.41) is 20.4. The van der Waals surface area contributed by atoms with Crippen LogP contribution in [0.15, 0.2) is 23.1 Å². The molecule has 0 aromatic heterocycles. The predicted octanol–water partition coefficient (Wildman–Crippen LogP) is 1.34. The summed E-state index contributed by atoms with van der Waals surface area (Å²) >= 11 is 0. The first-order chi connectivity index (χ1) is 8.97. The maximum Gasteiger partial charge on any atom is 0.273 e. The van der Waals surface area contributed by atoms with E-state index < -0.39 is 26.6 Å². The van der Waals surface area contributed by atoms with Crippen molar-refractivity contribution in [1.82, 2.24) is 4.72 Å². The molecule has 2 N–H and O–H groups in total. The Kier molecular flexibility index (Phi) is 4.52. The topological polar surface area (TPSA) is 110 Å². The molecule has 20 heavy (non-hydrogen) atoms. The first-order valence-corrected chi connectivity index (χ1v) is 7.43. The summed E-state index contributed by atoms with van der Waals surface area (Å²) in [4.78, 5) is 10.0. The number of nitrogens with zero attached hydrogens (tertiary/aromatic N) is 1. The number of aliphatic hydroxyl groups excluding tert-OH is 1. The van der Waals surface area contributed by atoms with Gasteiger partial charge in [0, 0.05) is 11.6 Å². The van der Waals surface area contributed by atoms with Crippen molar-refractivity contribution >= 4 is 15.7 Å². The van der Waals surface area contributed by atoms with Gasteiger partial charge in [-0.3, -0.25) is 10.1 Å². The lowest BCUT2D eigenvalue weighted by Gasteiger charge is -2.28. The van der Waals surface area contributed by atoms with Gasteiger partial charge in [-0.05, 0) is 33.8 Å². The summed E-state index contributed by atoms with van der Waals surface area (Å²) in [5.74, 6) is 0. The Bertz CT molecular complexity index is 623. The van der Waals surface area contributed by atoms with E-state index in [4.69, 9.17) is 0 Å². The minimum atomic E-state index is -3.95. The second-order valence-corrected chi connectivity index (χ2v) is 6.89. The van der Waals surface area contributed by atoms with E-state index in [0.717, 1.165) is 6.07 Å². The molecule has 0 bridgehead atoms. The molecule has 1 rings (SSSR count). The van der Waals surface area contributed by atoms with Crippen molar-refractivity contribution in [3.63, 3.8) is 0 Å². The number of nitrogens with one attached hydrogen (secondary N) is 1. The Morgan fingerprint density at radius 2 is 1.95 bits per heavy atom. The van der Waals surface area contributed by atoms with E-state index in [2.05, 4.69) is 4.72 Å². The number of aryl methyl sites for hydroxylation is 1. The summed E-state index contributed by atoms with van der Waals surface area (Å²) < 4.78 is 26.7. The number of aliphatic hydroxyl groups is 1. The number of nitro groups is 1. The average Bonchev–Trinajstić information content (AvgIpc) is 2.27. The van der Waals surface area contributed by atoms with Crippen molar-refractivity contribution in [2.45, 2.75) is 44.2 Å². The second-order valence-electron chi connectivity index (χ2n) is 5.21. The van der Waals surface area contributed by atoms with Crippen LogP contribution in [0.2, 0.25) is 0 Å². The number of nitro benzene ring substituents is 1. The van der Waals surface area contributed by atoms with Crippen molar-refractivity contribution in [1.29, 1.82) is 0 Å². The molecule has 1 aromatic carbocycles. The lowest BCUT2D eigenvalue weighted by molar-refractivity contribution is -0.385. The number of benzene rings is 1. The molecule has 0 radical (unpaired) electrons. The van der Waals surface area contributed by atoms with E-state index in [1.165, 1.54) is 39.8 Å². The first kappa shape index (κ1) is 16.5. The van der Waals surface area contributed by atoms with Crippen molar-refractivity contribution in [2.24, 2.45) is 0 Å². The van der Waals surface area contributed by atoms with Gasteiger partial charge in [0.15, 0.2) is 0 Å². The molecule has 8 heteroatoms. The second kappa shape index (κ2) is 5.47. The van der Waals surface area contributed by atoms with E-state index in [9.17, 15) is 23.6 Å². The van der Waals surface area contributed by atoms with E-state index in [-0.39, 0.29) is 10.6 Å². The zero-order valence-electron chi connectivity index (χ0n) is 11.7. The van der Waals surface area contributed by atoms with Gasteiger partial charge in [-0.25, -0.2) is 13.1 Å². The number of hydrogen-bond donors (Lipinski definition) is 2. The molecular formula is C12H18N2O5S. The Labute approximate surface area is 117 Å². The lowest BCUT2D eigenvalue weighted by atomic mass is 10.0. The van der Waals surface area contributed by atoms with E-state index in [1.807, 2.05) is 0 Å². The van der Waals surface area contributed by atoms with Gasteiger partial charge in [0.2, 0.25) is 10.0 Å². The van der Waals surface area contributed by atoms with Crippen molar-refractivity contribution in [3.05, 3.63) is 33.9 Å². The summed E-state index contributed by atoms with van der Waals surface area (Å²) in [6.45, 7) is 6.04. The van der Waals surface area contributed by atoms with Crippen LogP contribution in [0.25, 0.3) is 0 Å². The molecule has 0 fully saturated rings. The van der Waals surface area contributed by atoms with Gasteiger partial charge in [-0.2, -0.15) is 0 Å². The quantitative estimate of drug-likeness (QED) is 0.630. The Morgan fingerprint density at radius 1 is 1.40 bits per heavy atom. The highest BCUT2D eigenvalue weighted by Gasteiger charge is 2.31. The van der Waals surface area contributed by atoms with Crippen LogP contribution in [0, 0.1) is 17.0 Å². The zero-order chi connectivity index (χ0) is 15.7. The molecule has 1 unspecified atom stereocenters. The highest BCUT2D eigenvalue weighted by molar-refractivity contribution is 7.89. The van der Waals surface area contributed by atoms with Crippen LogP contribution in [0.4, 0.5) is 5.69 Å². The molecule has 0 saturated heterocycles. The van der Waals surface area contributed by atoms with Crippen LogP contribution in [0.5, 0.6) is 0 Å². The summed E-state index contributed by atoms with van der Waals surface area (Å²) in [6.07, 6.45) is -0.919. The number of sulfonamides is 1.